The lowest BCUT2D eigenvalue weighted by atomic mass is 9.75. The first kappa shape index (κ1) is 24.3. The monoisotopic (exact) mass is 479 g/mol. The molecule has 1 heterocycles. The molecule has 0 radical (unpaired) electrons. The molecule has 2 amide bonds. The second-order valence-electron chi connectivity index (χ2n) is 8.65. The molecule has 1 aliphatic rings. The number of imide groups is 1. The molecular weight excluding hydrogens is 455 g/mol. The Morgan fingerprint density at radius 1 is 0.914 bits per heavy atom. The minimum atomic E-state index is -4.58. The molecule has 0 N–H and O–H groups in total. The van der Waals surface area contributed by atoms with Gasteiger partial charge in [-0.15, -0.1) is 0 Å². The number of alkyl halides is 3. The van der Waals surface area contributed by atoms with E-state index in [1.165, 1.54) is 18.2 Å². The van der Waals surface area contributed by atoms with Gasteiger partial charge in [0.05, 0.1) is 11.6 Å². The Balaban J connectivity index is 1.79. The molecule has 0 spiro atoms. The van der Waals surface area contributed by atoms with Crippen molar-refractivity contribution >= 4 is 18.1 Å². The summed E-state index contributed by atoms with van der Waals surface area (Å²) in [6.45, 7) is 3.74. The van der Waals surface area contributed by atoms with Gasteiger partial charge in [-0.25, -0.2) is 9.69 Å². The van der Waals surface area contributed by atoms with Crippen molar-refractivity contribution in [2.75, 3.05) is 0 Å². The summed E-state index contributed by atoms with van der Waals surface area (Å²) in [5, 5.41) is 0. The first-order valence-electron chi connectivity index (χ1n) is 11.2. The molecule has 0 aliphatic carbocycles. The van der Waals surface area contributed by atoms with Gasteiger partial charge in [0.25, 0.3) is 5.91 Å². The van der Waals surface area contributed by atoms with Gasteiger partial charge in [0.1, 0.15) is 0 Å². The molecule has 35 heavy (non-hydrogen) atoms. The van der Waals surface area contributed by atoms with E-state index in [0.29, 0.717) is 11.1 Å². The van der Waals surface area contributed by atoms with E-state index in [1.807, 2.05) is 74.5 Å². The fourth-order valence-corrected chi connectivity index (χ4v) is 4.68. The maximum atomic E-state index is 13.4. The van der Waals surface area contributed by atoms with Crippen LogP contribution in [0.5, 0.6) is 0 Å². The van der Waals surface area contributed by atoms with E-state index in [-0.39, 0.29) is 11.5 Å². The molecule has 1 saturated heterocycles. The normalized spacial score (nSPS) is 17.7. The van der Waals surface area contributed by atoms with Gasteiger partial charge < -0.3 is 4.74 Å². The number of halogens is 3. The Morgan fingerprint density at radius 2 is 1.43 bits per heavy atom. The molecular formula is C28H24F3NO3. The van der Waals surface area contributed by atoms with Gasteiger partial charge >= 0.3 is 12.3 Å². The number of carbonyl (C=O) groups excluding carboxylic acids is 2. The van der Waals surface area contributed by atoms with Gasteiger partial charge in [-0.2, -0.15) is 13.2 Å². The zero-order valence-electron chi connectivity index (χ0n) is 19.2. The topological polar surface area (TPSA) is 46.6 Å². The van der Waals surface area contributed by atoms with Crippen molar-refractivity contribution in [2.45, 2.75) is 31.7 Å². The molecule has 3 aromatic rings. The van der Waals surface area contributed by atoms with E-state index in [1.54, 1.807) is 0 Å². The molecule has 4 rings (SSSR count). The molecule has 1 atom stereocenters. The van der Waals surface area contributed by atoms with Gasteiger partial charge in [0.15, 0.2) is 5.60 Å². The summed E-state index contributed by atoms with van der Waals surface area (Å²) in [4.78, 5) is 27.5. The first-order chi connectivity index (χ1) is 16.7. The highest BCUT2D eigenvalue weighted by atomic mass is 19.4. The van der Waals surface area contributed by atoms with Crippen LogP contribution < -0.4 is 0 Å². The molecule has 1 aliphatic heterocycles. The minimum absolute atomic E-state index is 0.167. The molecule has 0 aromatic heterocycles. The highest BCUT2D eigenvalue weighted by molar-refractivity contribution is 6.02. The standard InChI is InChI=1S/C28H24F3NO3/c1-19(2)25-27(21-12-5-3-6-13-21,22-14-7-4-8-15-22)35-26(34)32(25)24(33)18-17-20-11-9-10-16-23(20)28(29,30)31/h3-19,25H,1-2H3/b18-17+. The quantitative estimate of drug-likeness (QED) is 0.384. The lowest BCUT2D eigenvalue weighted by Gasteiger charge is -2.37. The lowest BCUT2D eigenvalue weighted by Crippen LogP contribution is -2.49. The van der Waals surface area contributed by atoms with Crippen LogP contribution in [0.3, 0.4) is 0 Å². The SMILES string of the molecule is CC(C)C1N(C(=O)/C=C/c2ccccc2C(F)(F)F)C(=O)OC1(c1ccccc1)c1ccccc1. The van der Waals surface area contributed by atoms with Crippen molar-refractivity contribution in [3.05, 3.63) is 113 Å². The van der Waals surface area contributed by atoms with Crippen LogP contribution in [0.1, 0.15) is 36.1 Å². The fraction of sp³-hybridized carbons (Fsp3) is 0.214. The lowest BCUT2D eigenvalue weighted by molar-refractivity contribution is -0.137. The Kier molecular flexibility index (Phi) is 6.52. The molecule has 180 valence electrons. The van der Waals surface area contributed by atoms with Crippen LogP contribution in [0.4, 0.5) is 18.0 Å². The van der Waals surface area contributed by atoms with Crippen molar-refractivity contribution in [3.8, 4) is 0 Å². The van der Waals surface area contributed by atoms with E-state index in [9.17, 15) is 22.8 Å². The van der Waals surface area contributed by atoms with Gasteiger partial charge in [-0.1, -0.05) is 92.7 Å². The number of nitrogens with zero attached hydrogens (tertiary/aromatic N) is 1. The van der Waals surface area contributed by atoms with Crippen LogP contribution in [0.15, 0.2) is 91.0 Å². The van der Waals surface area contributed by atoms with Crippen LogP contribution in [0.25, 0.3) is 6.08 Å². The fourth-order valence-electron chi connectivity index (χ4n) is 4.68. The van der Waals surface area contributed by atoms with Gasteiger partial charge in [-0.3, -0.25) is 4.79 Å². The van der Waals surface area contributed by atoms with Crippen LogP contribution >= 0.6 is 0 Å². The van der Waals surface area contributed by atoms with Crippen molar-refractivity contribution in [1.82, 2.24) is 4.90 Å². The van der Waals surface area contributed by atoms with Crippen molar-refractivity contribution in [2.24, 2.45) is 5.92 Å². The molecule has 3 aromatic carbocycles. The summed E-state index contributed by atoms with van der Waals surface area (Å²) in [5.41, 5.74) is -0.920. The molecule has 7 heteroatoms. The zero-order chi connectivity index (χ0) is 25.2. The molecule has 4 nitrogen and oxygen atoms in total. The van der Waals surface area contributed by atoms with Crippen molar-refractivity contribution in [3.63, 3.8) is 0 Å². The number of hydrogen-bond donors (Lipinski definition) is 0. The largest absolute Gasteiger partial charge is 0.430 e. The van der Waals surface area contributed by atoms with Crippen molar-refractivity contribution in [1.29, 1.82) is 0 Å². The zero-order valence-corrected chi connectivity index (χ0v) is 19.2. The van der Waals surface area contributed by atoms with Gasteiger partial charge in [0.2, 0.25) is 0 Å². The molecule has 1 unspecified atom stereocenters. The van der Waals surface area contributed by atoms with E-state index in [0.717, 1.165) is 23.1 Å². The highest BCUT2D eigenvalue weighted by Crippen LogP contribution is 2.47. The Labute approximate surface area is 201 Å². The van der Waals surface area contributed by atoms with E-state index < -0.39 is 35.4 Å². The average Bonchev–Trinajstić information content (AvgIpc) is 3.17. The van der Waals surface area contributed by atoms with Crippen LogP contribution in [0, 0.1) is 5.92 Å². The second-order valence-corrected chi connectivity index (χ2v) is 8.65. The summed E-state index contributed by atoms with van der Waals surface area (Å²) in [6.07, 6.45) is -3.35. The summed E-state index contributed by atoms with van der Waals surface area (Å²) >= 11 is 0. The van der Waals surface area contributed by atoms with Crippen molar-refractivity contribution < 1.29 is 27.5 Å². The maximum absolute atomic E-state index is 13.4. The molecule has 0 saturated carbocycles. The Morgan fingerprint density at radius 3 is 1.94 bits per heavy atom. The van der Waals surface area contributed by atoms with E-state index in [2.05, 4.69) is 0 Å². The third-order valence-electron chi connectivity index (χ3n) is 6.09. The number of cyclic esters (lactones) is 1. The van der Waals surface area contributed by atoms with Crippen LogP contribution in [-0.2, 0) is 21.3 Å². The van der Waals surface area contributed by atoms with E-state index >= 15 is 0 Å². The summed E-state index contributed by atoms with van der Waals surface area (Å²) in [7, 11) is 0. The third-order valence-corrected chi connectivity index (χ3v) is 6.09. The third kappa shape index (κ3) is 4.46. The summed E-state index contributed by atoms with van der Waals surface area (Å²) in [6, 6.07) is 22.5. The summed E-state index contributed by atoms with van der Waals surface area (Å²) < 4.78 is 46.1. The number of hydrogen-bond acceptors (Lipinski definition) is 3. The number of amides is 2. The summed E-state index contributed by atoms with van der Waals surface area (Å²) in [5.74, 6) is -0.985. The maximum Gasteiger partial charge on any atom is 0.418 e. The number of carbonyl (C=O) groups is 2. The van der Waals surface area contributed by atoms with Gasteiger partial charge in [0, 0.05) is 17.2 Å². The van der Waals surface area contributed by atoms with Crippen LogP contribution in [-0.4, -0.2) is 22.9 Å². The molecule has 1 fully saturated rings. The van der Waals surface area contributed by atoms with E-state index in [4.69, 9.17) is 4.74 Å². The average molecular weight is 479 g/mol. The number of rotatable bonds is 5. The van der Waals surface area contributed by atoms with Crippen LogP contribution in [0.2, 0.25) is 0 Å². The van der Waals surface area contributed by atoms with Gasteiger partial charge in [-0.05, 0) is 23.6 Å². The highest BCUT2D eigenvalue weighted by Gasteiger charge is 2.59. The predicted molar refractivity (Wildman–Crippen MR) is 126 cm³/mol. The first-order valence-corrected chi connectivity index (χ1v) is 11.2. The predicted octanol–water partition coefficient (Wildman–Crippen LogP) is 6.67. The number of benzene rings is 3. The molecule has 0 bridgehead atoms. The smallest absolute Gasteiger partial charge is 0.418 e. The Bertz CT molecular complexity index is 1200. The second kappa shape index (κ2) is 9.41. The minimum Gasteiger partial charge on any atom is -0.430 e. The number of ether oxygens (including phenoxy) is 1. The Hall–Kier alpha value is -3.87.